The van der Waals surface area contributed by atoms with E-state index in [4.69, 9.17) is 15.2 Å². The SMILES string of the molecule is CC(=O)OC[C@@H]1C=C[C@H](N2C=C(F)C(N)(C(C)=O)NC2=O)O1. The van der Waals surface area contributed by atoms with Gasteiger partial charge in [-0.3, -0.25) is 20.2 Å². The number of ether oxygens (including phenoxy) is 2. The highest BCUT2D eigenvalue weighted by atomic mass is 19.1. The van der Waals surface area contributed by atoms with Crippen LogP contribution >= 0.6 is 0 Å². The number of carbonyl (C=O) groups is 3. The fourth-order valence-corrected chi connectivity index (χ4v) is 1.96. The summed E-state index contributed by atoms with van der Waals surface area (Å²) in [4.78, 5) is 35.0. The van der Waals surface area contributed by atoms with Gasteiger partial charge in [-0.15, -0.1) is 0 Å². The third-order valence-electron chi connectivity index (χ3n) is 3.25. The molecule has 2 heterocycles. The third-order valence-corrected chi connectivity index (χ3v) is 3.25. The van der Waals surface area contributed by atoms with Crippen molar-refractivity contribution in [2.24, 2.45) is 5.73 Å². The molecule has 0 saturated carbocycles. The smallest absolute Gasteiger partial charge is 0.326 e. The van der Waals surface area contributed by atoms with Crippen LogP contribution in [0.5, 0.6) is 0 Å². The Bertz CT molecular complexity index is 576. The van der Waals surface area contributed by atoms with E-state index in [9.17, 15) is 18.8 Å². The molecule has 2 aliphatic heterocycles. The van der Waals surface area contributed by atoms with Crippen LogP contribution in [0.1, 0.15) is 13.8 Å². The van der Waals surface area contributed by atoms with E-state index in [2.05, 4.69) is 5.32 Å². The Balaban J connectivity index is 2.07. The normalized spacial score (nSPS) is 30.8. The fraction of sp³-hybridized carbons (Fsp3) is 0.462. The van der Waals surface area contributed by atoms with Gasteiger partial charge in [-0.05, 0) is 13.0 Å². The zero-order valence-electron chi connectivity index (χ0n) is 12.0. The maximum absolute atomic E-state index is 14.0. The van der Waals surface area contributed by atoms with E-state index in [0.717, 1.165) is 18.0 Å². The second-order valence-electron chi connectivity index (χ2n) is 4.93. The Hall–Kier alpha value is -2.26. The lowest BCUT2D eigenvalue weighted by molar-refractivity contribution is -0.145. The molecule has 8 nitrogen and oxygen atoms in total. The monoisotopic (exact) mass is 313 g/mol. The van der Waals surface area contributed by atoms with Gasteiger partial charge in [0, 0.05) is 13.1 Å². The van der Waals surface area contributed by atoms with Crippen molar-refractivity contribution in [1.82, 2.24) is 10.2 Å². The number of nitrogens with zero attached hydrogens (tertiary/aromatic N) is 1. The second-order valence-corrected chi connectivity index (χ2v) is 4.93. The van der Waals surface area contributed by atoms with Gasteiger partial charge >= 0.3 is 12.0 Å². The molecule has 120 valence electrons. The molecule has 0 spiro atoms. The van der Waals surface area contributed by atoms with Crippen molar-refractivity contribution in [2.45, 2.75) is 31.8 Å². The molecular weight excluding hydrogens is 297 g/mol. The van der Waals surface area contributed by atoms with Crippen LogP contribution in [0.3, 0.4) is 0 Å². The molecule has 0 bridgehead atoms. The minimum absolute atomic E-state index is 0.0156. The highest BCUT2D eigenvalue weighted by Crippen LogP contribution is 2.25. The van der Waals surface area contributed by atoms with Gasteiger partial charge in [-0.1, -0.05) is 6.08 Å². The zero-order valence-corrected chi connectivity index (χ0v) is 12.0. The highest BCUT2D eigenvalue weighted by Gasteiger charge is 2.44. The molecular formula is C13H16FN3O5. The maximum atomic E-state index is 14.0. The minimum Gasteiger partial charge on any atom is -0.463 e. The summed E-state index contributed by atoms with van der Waals surface area (Å²) in [6.45, 7) is 2.32. The van der Waals surface area contributed by atoms with Crippen LogP contribution in [-0.4, -0.2) is 47.3 Å². The lowest BCUT2D eigenvalue weighted by atomic mass is 10.0. The number of halogens is 1. The first kappa shape index (κ1) is 16.1. The summed E-state index contributed by atoms with van der Waals surface area (Å²) in [6, 6.07) is -0.776. The van der Waals surface area contributed by atoms with E-state index in [-0.39, 0.29) is 6.61 Å². The Morgan fingerprint density at radius 3 is 2.77 bits per heavy atom. The molecule has 0 saturated heterocycles. The van der Waals surface area contributed by atoms with Crippen LogP contribution < -0.4 is 11.1 Å². The Labute approximate surface area is 125 Å². The molecule has 0 aliphatic carbocycles. The average molecular weight is 313 g/mol. The summed E-state index contributed by atoms with van der Waals surface area (Å²) in [5.74, 6) is -2.19. The predicted octanol–water partition coefficient (Wildman–Crippen LogP) is -0.0893. The van der Waals surface area contributed by atoms with Gasteiger partial charge in [0.1, 0.15) is 12.7 Å². The minimum atomic E-state index is -2.16. The number of nitrogens with two attached hydrogens (primary N) is 1. The van der Waals surface area contributed by atoms with Crippen LogP contribution in [0.15, 0.2) is 24.2 Å². The number of hydrogen-bond donors (Lipinski definition) is 2. The van der Waals surface area contributed by atoms with Gasteiger partial charge in [0.2, 0.25) is 5.66 Å². The first-order valence-corrected chi connectivity index (χ1v) is 6.49. The van der Waals surface area contributed by atoms with Gasteiger partial charge in [0.15, 0.2) is 17.8 Å². The van der Waals surface area contributed by atoms with Crippen molar-refractivity contribution in [3.63, 3.8) is 0 Å². The Morgan fingerprint density at radius 1 is 1.50 bits per heavy atom. The third kappa shape index (κ3) is 3.00. The molecule has 3 atom stereocenters. The van der Waals surface area contributed by atoms with Gasteiger partial charge in [-0.25, -0.2) is 9.18 Å². The van der Waals surface area contributed by atoms with E-state index in [1.807, 2.05) is 0 Å². The van der Waals surface area contributed by atoms with Gasteiger partial charge in [0.05, 0.1) is 0 Å². The van der Waals surface area contributed by atoms with E-state index in [1.54, 1.807) is 6.08 Å². The number of Topliss-reactive ketones (excluding diaryl/α,β-unsaturated/α-hetero) is 1. The molecule has 0 aromatic heterocycles. The molecule has 0 fully saturated rings. The van der Waals surface area contributed by atoms with E-state index < -0.39 is 41.6 Å². The van der Waals surface area contributed by atoms with E-state index >= 15 is 0 Å². The van der Waals surface area contributed by atoms with Crippen LogP contribution in [-0.2, 0) is 19.1 Å². The summed E-state index contributed by atoms with van der Waals surface area (Å²) in [5.41, 5.74) is 3.38. The molecule has 0 aromatic rings. The van der Waals surface area contributed by atoms with Crippen molar-refractivity contribution in [3.05, 3.63) is 24.2 Å². The number of rotatable bonds is 4. The number of esters is 1. The predicted molar refractivity (Wildman–Crippen MR) is 71.6 cm³/mol. The number of nitrogens with one attached hydrogen (secondary N) is 1. The zero-order chi connectivity index (χ0) is 16.5. The molecule has 2 rings (SSSR count). The molecule has 9 heteroatoms. The average Bonchev–Trinajstić information content (AvgIpc) is 2.89. The lowest BCUT2D eigenvalue weighted by Crippen LogP contribution is -2.66. The van der Waals surface area contributed by atoms with E-state index in [1.165, 1.54) is 13.0 Å². The molecule has 3 N–H and O–H groups in total. The fourth-order valence-electron chi connectivity index (χ4n) is 1.96. The molecule has 22 heavy (non-hydrogen) atoms. The van der Waals surface area contributed by atoms with Crippen LogP contribution in [0, 0.1) is 0 Å². The topological polar surface area (TPSA) is 111 Å². The van der Waals surface area contributed by atoms with Crippen LogP contribution in [0.25, 0.3) is 0 Å². The number of ketones is 1. The van der Waals surface area contributed by atoms with E-state index in [0.29, 0.717) is 0 Å². The van der Waals surface area contributed by atoms with Crippen molar-refractivity contribution < 1.29 is 28.2 Å². The first-order valence-electron chi connectivity index (χ1n) is 6.49. The molecule has 1 unspecified atom stereocenters. The lowest BCUT2D eigenvalue weighted by Gasteiger charge is -2.36. The molecule has 2 amide bonds. The summed E-state index contributed by atoms with van der Waals surface area (Å²) in [7, 11) is 0. The summed E-state index contributed by atoms with van der Waals surface area (Å²) >= 11 is 0. The van der Waals surface area contributed by atoms with Gasteiger partial charge in [0.25, 0.3) is 0 Å². The standard InChI is InChI=1S/C13H16FN3O5/c1-7(18)13(15)10(14)5-17(12(20)16-13)11-4-3-9(22-11)6-21-8(2)19/h3-5,9,11H,6,15H2,1-2H3,(H,16,20)/t9-,11+,13?/m0/s1. The van der Waals surface area contributed by atoms with Crippen molar-refractivity contribution in [3.8, 4) is 0 Å². The Morgan fingerprint density at radius 2 is 2.18 bits per heavy atom. The Kier molecular flexibility index (Phi) is 4.29. The van der Waals surface area contributed by atoms with Crippen LogP contribution in [0.2, 0.25) is 0 Å². The molecule has 2 aliphatic rings. The van der Waals surface area contributed by atoms with Crippen LogP contribution in [0.4, 0.5) is 9.18 Å². The quantitative estimate of drug-likeness (QED) is 0.554. The molecule has 0 aromatic carbocycles. The number of amides is 2. The largest absolute Gasteiger partial charge is 0.463 e. The summed E-state index contributed by atoms with van der Waals surface area (Å²) < 4.78 is 24.2. The summed E-state index contributed by atoms with van der Waals surface area (Å²) in [5, 5.41) is 2.11. The number of hydrogen-bond acceptors (Lipinski definition) is 6. The molecule has 0 radical (unpaired) electrons. The van der Waals surface area contributed by atoms with Gasteiger partial charge < -0.3 is 14.8 Å². The first-order chi connectivity index (χ1) is 10.2. The summed E-state index contributed by atoms with van der Waals surface area (Å²) in [6.07, 6.45) is 2.48. The highest BCUT2D eigenvalue weighted by molar-refractivity contribution is 5.94. The van der Waals surface area contributed by atoms with Crippen molar-refractivity contribution >= 4 is 17.8 Å². The maximum Gasteiger partial charge on any atom is 0.326 e. The van der Waals surface area contributed by atoms with Crippen molar-refractivity contribution in [2.75, 3.05) is 6.61 Å². The number of urea groups is 1. The second kappa shape index (κ2) is 5.85. The number of carbonyl (C=O) groups excluding carboxylic acids is 3. The van der Waals surface area contributed by atoms with Gasteiger partial charge in [-0.2, -0.15) is 0 Å². The van der Waals surface area contributed by atoms with Crippen molar-refractivity contribution in [1.29, 1.82) is 0 Å².